The van der Waals surface area contributed by atoms with Gasteiger partial charge >= 0.3 is 0 Å². The molecule has 2 aromatic carbocycles. The smallest absolute Gasteiger partial charge is 0.126 e. The van der Waals surface area contributed by atoms with Gasteiger partial charge in [-0.15, -0.1) is 0 Å². The van der Waals surface area contributed by atoms with Crippen molar-refractivity contribution >= 4 is 56.4 Å². The second kappa shape index (κ2) is 6.31. The summed E-state index contributed by atoms with van der Waals surface area (Å²) in [4.78, 5) is 0. The van der Waals surface area contributed by atoms with E-state index in [1.165, 1.54) is 12.1 Å². The van der Waals surface area contributed by atoms with E-state index in [0.717, 1.165) is 10.0 Å². The van der Waals surface area contributed by atoms with Gasteiger partial charge in [-0.05, 0) is 35.9 Å². The maximum absolute atomic E-state index is 13.1. The van der Waals surface area contributed by atoms with Crippen LogP contribution in [-0.4, -0.2) is 0 Å². The lowest BCUT2D eigenvalue weighted by atomic mass is 10.2. The summed E-state index contributed by atoms with van der Waals surface area (Å²) in [6.07, 6.45) is 0. The molecule has 1 nitrogen and oxygen atoms in total. The Morgan fingerprint density at radius 1 is 1.00 bits per heavy atom. The largest absolute Gasteiger partial charge is 0.378 e. The average Bonchev–Trinajstić information content (AvgIpc) is 2.32. The summed E-state index contributed by atoms with van der Waals surface area (Å²) in [6.45, 7) is 0.434. The molecular formula is C13H8BrCl3FN. The maximum Gasteiger partial charge on any atom is 0.126 e. The van der Waals surface area contributed by atoms with Crippen molar-refractivity contribution in [1.82, 2.24) is 0 Å². The van der Waals surface area contributed by atoms with Crippen LogP contribution in [0.4, 0.5) is 10.1 Å². The molecule has 2 rings (SSSR count). The Hall–Kier alpha value is -0.480. The van der Waals surface area contributed by atoms with Crippen LogP contribution in [0.15, 0.2) is 34.8 Å². The van der Waals surface area contributed by atoms with Crippen molar-refractivity contribution in [1.29, 1.82) is 0 Å². The summed E-state index contributed by atoms with van der Waals surface area (Å²) in [5, 5.41) is 4.15. The van der Waals surface area contributed by atoms with Gasteiger partial charge in [0.1, 0.15) is 5.82 Å². The number of rotatable bonds is 3. The third kappa shape index (κ3) is 3.76. The van der Waals surface area contributed by atoms with Gasteiger partial charge in [0.2, 0.25) is 0 Å². The summed E-state index contributed by atoms with van der Waals surface area (Å²) >= 11 is 21.3. The van der Waals surface area contributed by atoms with Crippen LogP contribution in [0.1, 0.15) is 5.56 Å². The normalized spacial score (nSPS) is 10.6. The number of benzene rings is 2. The summed E-state index contributed by atoms with van der Waals surface area (Å²) in [5.74, 6) is -0.471. The summed E-state index contributed by atoms with van der Waals surface area (Å²) in [7, 11) is 0. The van der Waals surface area contributed by atoms with Crippen LogP contribution in [0.3, 0.4) is 0 Å². The fourth-order valence-electron chi connectivity index (χ4n) is 1.57. The first kappa shape index (κ1) is 14.9. The van der Waals surface area contributed by atoms with E-state index in [0.29, 0.717) is 17.3 Å². The van der Waals surface area contributed by atoms with Gasteiger partial charge < -0.3 is 5.32 Å². The van der Waals surface area contributed by atoms with Gasteiger partial charge in [-0.1, -0.05) is 50.7 Å². The second-order valence-electron chi connectivity index (χ2n) is 3.83. The third-order valence-corrected chi connectivity index (χ3v) is 3.93. The molecule has 0 aromatic heterocycles. The Labute approximate surface area is 133 Å². The van der Waals surface area contributed by atoms with Crippen molar-refractivity contribution < 1.29 is 4.39 Å². The Balaban J connectivity index is 2.21. The molecule has 0 aliphatic carbocycles. The zero-order valence-electron chi connectivity index (χ0n) is 9.48. The van der Waals surface area contributed by atoms with Crippen LogP contribution in [-0.2, 0) is 6.54 Å². The average molecular weight is 383 g/mol. The van der Waals surface area contributed by atoms with Crippen LogP contribution >= 0.6 is 50.7 Å². The summed E-state index contributed by atoms with van der Waals surface area (Å²) in [5.41, 5.74) is 1.37. The van der Waals surface area contributed by atoms with E-state index in [4.69, 9.17) is 34.8 Å². The molecule has 19 heavy (non-hydrogen) atoms. The first-order valence-electron chi connectivity index (χ1n) is 5.29. The molecule has 0 aliphatic heterocycles. The molecule has 0 atom stereocenters. The third-order valence-electron chi connectivity index (χ3n) is 2.47. The molecule has 2 aromatic rings. The van der Waals surface area contributed by atoms with E-state index in [2.05, 4.69) is 21.2 Å². The minimum Gasteiger partial charge on any atom is -0.378 e. The highest BCUT2D eigenvalue weighted by molar-refractivity contribution is 9.10. The highest BCUT2D eigenvalue weighted by atomic mass is 79.9. The maximum atomic E-state index is 13.1. The van der Waals surface area contributed by atoms with Crippen LogP contribution in [0.25, 0.3) is 0 Å². The van der Waals surface area contributed by atoms with Crippen LogP contribution in [0.2, 0.25) is 15.1 Å². The van der Waals surface area contributed by atoms with Crippen molar-refractivity contribution in [2.75, 3.05) is 5.32 Å². The van der Waals surface area contributed by atoms with Crippen molar-refractivity contribution in [3.05, 3.63) is 61.3 Å². The molecule has 0 fully saturated rings. The Morgan fingerprint density at radius 3 is 2.26 bits per heavy atom. The molecule has 0 amide bonds. The molecule has 0 saturated heterocycles. The molecule has 0 spiro atoms. The standard InChI is InChI=1S/C13H8BrCl3FN/c14-8-1-2-10(15)7(3-8)6-19-13-11(16)4-9(18)5-12(13)17/h1-5,19H,6H2. The predicted octanol–water partition coefficient (Wildman–Crippen LogP) is 6.16. The Kier molecular flexibility index (Phi) is 4.96. The van der Waals surface area contributed by atoms with Gasteiger partial charge in [-0.2, -0.15) is 0 Å². The molecule has 0 saturated carbocycles. The molecule has 0 aliphatic rings. The molecule has 0 unspecified atom stereocenters. The number of hydrogen-bond donors (Lipinski definition) is 1. The minimum absolute atomic E-state index is 0.233. The fourth-order valence-corrected chi connectivity index (χ4v) is 2.76. The van der Waals surface area contributed by atoms with Crippen LogP contribution in [0, 0.1) is 5.82 Å². The molecule has 1 N–H and O–H groups in total. The lowest BCUT2D eigenvalue weighted by Crippen LogP contribution is -2.01. The topological polar surface area (TPSA) is 12.0 Å². The van der Waals surface area contributed by atoms with Crippen molar-refractivity contribution in [3.8, 4) is 0 Å². The van der Waals surface area contributed by atoms with Gasteiger partial charge in [0.05, 0.1) is 15.7 Å². The first-order chi connectivity index (χ1) is 8.97. The van der Waals surface area contributed by atoms with E-state index < -0.39 is 5.82 Å². The van der Waals surface area contributed by atoms with Gasteiger partial charge in [0.15, 0.2) is 0 Å². The summed E-state index contributed by atoms with van der Waals surface area (Å²) in [6, 6.07) is 7.94. The number of nitrogens with one attached hydrogen (secondary N) is 1. The highest BCUT2D eigenvalue weighted by Gasteiger charge is 2.09. The van der Waals surface area contributed by atoms with E-state index in [9.17, 15) is 4.39 Å². The number of anilines is 1. The first-order valence-corrected chi connectivity index (χ1v) is 7.22. The van der Waals surface area contributed by atoms with Gasteiger partial charge in [0.25, 0.3) is 0 Å². The molecule has 0 bridgehead atoms. The summed E-state index contributed by atoms with van der Waals surface area (Å²) < 4.78 is 14.0. The lowest BCUT2D eigenvalue weighted by molar-refractivity contribution is 0.628. The molecule has 100 valence electrons. The zero-order valence-corrected chi connectivity index (χ0v) is 13.3. The lowest BCUT2D eigenvalue weighted by Gasteiger charge is -2.12. The Bertz CT molecular complexity index is 596. The minimum atomic E-state index is -0.471. The van der Waals surface area contributed by atoms with E-state index in [1.54, 1.807) is 6.07 Å². The van der Waals surface area contributed by atoms with Gasteiger partial charge in [-0.3, -0.25) is 0 Å². The fraction of sp³-hybridized carbons (Fsp3) is 0.0769. The van der Waals surface area contributed by atoms with Crippen molar-refractivity contribution in [2.45, 2.75) is 6.54 Å². The highest BCUT2D eigenvalue weighted by Crippen LogP contribution is 2.32. The van der Waals surface area contributed by atoms with E-state index in [-0.39, 0.29) is 10.0 Å². The second-order valence-corrected chi connectivity index (χ2v) is 5.97. The predicted molar refractivity (Wildman–Crippen MR) is 82.9 cm³/mol. The molecule has 0 heterocycles. The zero-order chi connectivity index (χ0) is 14.0. The van der Waals surface area contributed by atoms with Crippen molar-refractivity contribution in [2.24, 2.45) is 0 Å². The molecule has 6 heteroatoms. The van der Waals surface area contributed by atoms with Crippen LogP contribution in [0.5, 0.6) is 0 Å². The van der Waals surface area contributed by atoms with Crippen molar-refractivity contribution in [3.63, 3.8) is 0 Å². The van der Waals surface area contributed by atoms with E-state index >= 15 is 0 Å². The van der Waals surface area contributed by atoms with Gasteiger partial charge in [-0.25, -0.2) is 4.39 Å². The van der Waals surface area contributed by atoms with Gasteiger partial charge in [0, 0.05) is 16.0 Å². The number of halogens is 5. The monoisotopic (exact) mass is 381 g/mol. The molecular weight excluding hydrogens is 375 g/mol. The van der Waals surface area contributed by atoms with E-state index in [1.807, 2.05) is 12.1 Å². The SMILES string of the molecule is Fc1cc(Cl)c(NCc2cc(Br)ccc2Cl)c(Cl)c1. The van der Waals surface area contributed by atoms with Crippen LogP contribution < -0.4 is 5.32 Å². The molecule has 0 radical (unpaired) electrons. The quantitative estimate of drug-likeness (QED) is 0.669. The number of hydrogen-bond acceptors (Lipinski definition) is 1. The Morgan fingerprint density at radius 2 is 1.63 bits per heavy atom.